The molecule has 1 unspecified atom stereocenters. The maximum atomic E-state index is 12.8. The Hall–Kier alpha value is -3.45. The van der Waals surface area contributed by atoms with E-state index in [1.54, 1.807) is 42.5 Å². The zero-order chi connectivity index (χ0) is 21.3. The van der Waals surface area contributed by atoms with Crippen molar-refractivity contribution >= 4 is 55.5 Å². The summed E-state index contributed by atoms with van der Waals surface area (Å²) in [4.78, 5) is 36.8. The van der Waals surface area contributed by atoms with Gasteiger partial charge in [0.2, 0.25) is 0 Å². The third kappa shape index (κ3) is 3.97. The number of halogens is 1. The van der Waals surface area contributed by atoms with Crippen molar-refractivity contribution in [2.24, 2.45) is 0 Å². The number of hydrogen-bond donors (Lipinski definition) is 2. The van der Waals surface area contributed by atoms with Gasteiger partial charge in [-0.15, -0.1) is 0 Å². The molecule has 150 valence electrons. The molecule has 1 aromatic heterocycles. The van der Waals surface area contributed by atoms with Crippen molar-refractivity contribution in [2.45, 2.75) is 12.5 Å². The van der Waals surface area contributed by atoms with Gasteiger partial charge in [0.15, 0.2) is 5.78 Å². The van der Waals surface area contributed by atoms with E-state index < -0.39 is 17.9 Å². The predicted molar refractivity (Wildman–Crippen MR) is 116 cm³/mol. The standard InChI is InChI=1S/C23H16BrNO5/c24-15-8-5-13(6-9-15)22(27)25-18(23(28)29)12-19(26)14-7-10-21-17(11-14)16-3-1-2-4-20(16)30-21/h1-11,18H,12H2,(H,25,27)(H,28,29). The van der Waals surface area contributed by atoms with E-state index in [-0.39, 0.29) is 12.2 Å². The van der Waals surface area contributed by atoms with Crippen molar-refractivity contribution in [3.8, 4) is 0 Å². The largest absolute Gasteiger partial charge is 0.480 e. The number of furan rings is 1. The fourth-order valence-electron chi connectivity index (χ4n) is 3.25. The molecule has 0 bridgehead atoms. The van der Waals surface area contributed by atoms with E-state index in [9.17, 15) is 19.5 Å². The number of carbonyl (C=O) groups is 3. The Kier molecular flexibility index (Phi) is 5.37. The summed E-state index contributed by atoms with van der Waals surface area (Å²) in [5.41, 5.74) is 2.02. The minimum atomic E-state index is -1.34. The van der Waals surface area contributed by atoms with Crippen LogP contribution in [0, 0.1) is 0 Å². The van der Waals surface area contributed by atoms with Crippen LogP contribution >= 0.6 is 15.9 Å². The molecule has 0 aliphatic heterocycles. The van der Waals surface area contributed by atoms with Crippen LogP contribution in [0.4, 0.5) is 0 Å². The summed E-state index contributed by atoms with van der Waals surface area (Å²) >= 11 is 3.28. The summed E-state index contributed by atoms with van der Waals surface area (Å²) in [5, 5.41) is 13.6. The SMILES string of the molecule is O=C(CC(NC(=O)c1ccc(Br)cc1)C(=O)O)c1ccc2oc3ccccc3c2c1. The second-order valence-corrected chi connectivity index (χ2v) is 7.72. The molecule has 7 heteroatoms. The first kappa shape index (κ1) is 19.8. The highest BCUT2D eigenvalue weighted by Crippen LogP contribution is 2.29. The minimum absolute atomic E-state index is 0.309. The van der Waals surface area contributed by atoms with Gasteiger partial charge < -0.3 is 14.8 Å². The van der Waals surface area contributed by atoms with Crippen LogP contribution in [0.1, 0.15) is 27.1 Å². The Morgan fingerprint density at radius 2 is 1.57 bits per heavy atom. The normalized spacial score (nSPS) is 12.0. The highest BCUT2D eigenvalue weighted by molar-refractivity contribution is 9.10. The number of para-hydroxylation sites is 1. The molecule has 0 aliphatic rings. The van der Waals surface area contributed by atoms with Crippen molar-refractivity contribution in [1.82, 2.24) is 5.32 Å². The highest BCUT2D eigenvalue weighted by Gasteiger charge is 2.25. The Morgan fingerprint density at radius 3 is 2.30 bits per heavy atom. The monoisotopic (exact) mass is 465 g/mol. The van der Waals surface area contributed by atoms with Gasteiger partial charge in [-0.05, 0) is 48.5 Å². The molecular formula is C23H16BrNO5. The van der Waals surface area contributed by atoms with Crippen LogP contribution in [0.15, 0.2) is 75.6 Å². The van der Waals surface area contributed by atoms with E-state index in [1.165, 1.54) is 0 Å². The molecule has 0 aliphatic carbocycles. The molecule has 1 heterocycles. The number of fused-ring (bicyclic) bond motifs is 3. The molecule has 1 amide bonds. The molecule has 30 heavy (non-hydrogen) atoms. The van der Waals surface area contributed by atoms with E-state index >= 15 is 0 Å². The summed E-state index contributed by atoms with van der Waals surface area (Å²) in [7, 11) is 0. The van der Waals surface area contributed by atoms with Crippen molar-refractivity contribution < 1.29 is 23.9 Å². The van der Waals surface area contributed by atoms with E-state index in [4.69, 9.17) is 4.42 Å². The molecule has 0 radical (unpaired) electrons. The number of aliphatic carboxylic acids is 1. The molecule has 2 N–H and O–H groups in total. The molecular weight excluding hydrogens is 450 g/mol. The fraction of sp³-hybridized carbons (Fsp3) is 0.0870. The smallest absolute Gasteiger partial charge is 0.326 e. The summed E-state index contributed by atoms with van der Waals surface area (Å²) in [6.07, 6.45) is -0.362. The quantitative estimate of drug-likeness (QED) is 0.398. The van der Waals surface area contributed by atoms with E-state index in [1.807, 2.05) is 24.3 Å². The summed E-state index contributed by atoms with van der Waals surface area (Å²) in [6, 6.07) is 17.6. The van der Waals surface area contributed by atoms with Crippen LogP contribution in [0.3, 0.4) is 0 Å². The molecule has 0 spiro atoms. The average Bonchev–Trinajstić information content (AvgIpc) is 3.11. The second kappa shape index (κ2) is 8.12. The van der Waals surface area contributed by atoms with Crippen LogP contribution in [0.25, 0.3) is 21.9 Å². The second-order valence-electron chi connectivity index (χ2n) is 6.81. The van der Waals surface area contributed by atoms with Crippen molar-refractivity contribution in [3.05, 3.63) is 82.3 Å². The molecule has 4 rings (SSSR count). The number of rotatable bonds is 6. The van der Waals surface area contributed by atoms with E-state index in [0.717, 1.165) is 15.2 Å². The predicted octanol–water partition coefficient (Wildman–Crippen LogP) is 4.80. The number of carbonyl (C=O) groups excluding carboxylic acids is 2. The molecule has 0 saturated heterocycles. The highest BCUT2D eigenvalue weighted by atomic mass is 79.9. The first-order valence-electron chi connectivity index (χ1n) is 9.16. The van der Waals surface area contributed by atoms with Gasteiger partial charge in [-0.2, -0.15) is 0 Å². The lowest BCUT2D eigenvalue weighted by Gasteiger charge is -2.14. The number of carboxylic acid groups (broad SMARTS) is 1. The van der Waals surface area contributed by atoms with Gasteiger partial charge in [-0.3, -0.25) is 9.59 Å². The lowest BCUT2D eigenvalue weighted by atomic mass is 10.0. The minimum Gasteiger partial charge on any atom is -0.480 e. The number of ketones is 1. The van der Waals surface area contributed by atoms with Gasteiger partial charge in [-0.25, -0.2) is 4.79 Å². The van der Waals surface area contributed by atoms with Crippen molar-refractivity contribution in [3.63, 3.8) is 0 Å². The maximum absolute atomic E-state index is 12.8. The van der Waals surface area contributed by atoms with Crippen LogP contribution in [-0.4, -0.2) is 28.8 Å². The Morgan fingerprint density at radius 1 is 0.900 bits per heavy atom. The lowest BCUT2D eigenvalue weighted by Crippen LogP contribution is -2.42. The van der Waals surface area contributed by atoms with E-state index in [0.29, 0.717) is 22.3 Å². The van der Waals surface area contributed by atoms with Gasteiger partial charge in [0, 0.05) is 32.8 Å². The number of amides is 1. The first-order valence-corrected chi connectivity index (χ1v) is 9.95. The van der Waals surface area contributed by atoms with Gasteiger partial charge >= 0.3 is 5.97 Å². The number of benzene rings is 3. The maximum Gasteiger partial charge on any atom is 0.326 e. The molecule has 3 aromatic carbocycles. The molecule has 4 aromatic rings. The Labute approximate surface area is 179 Å². The summed E-state index contributed by atoms with van der Waals surface area (Å²) < 4.78 is 6.55. The fourth-order valence-corrected chi connectivity index (χ4v) is 3.51. The third-order valence-corrected chi connectivity index (χ3v) is 5.33. The van der Waals surface area contributed by atoms with Gasteiger partial charge in [0.1, 0.15) is 17.2 Å². The van der Waals surface area contributed by atoms with Crippen LogP contribution in [-0.2, 0) is 4.79 Å². The van der Waals surface area contributed by atoms with Gasteiger partial charge in [0.05, 0.1) is 0 Å². The van der Waals surface area contributed by atoms with Crippen LogP contribution < -0.4 is 5.32 Å². The Balaban J connectivity index is 1.55. The van der Waals surface area contributed by atoms with Gasteiger partial charge in [-0.1, -0.05) is 34.1 Å². The zero-order valence-corrected chi connectivity index (χ0v) is 17.2. The Bertz CT molecular complexity index is 1280. The number of hydrogen-bond acceptors (Lipinski definition) is 4. The van der Waals surface area contributed by atoms with Crippen molar-refractivity contribution in [2.75, 3.05) is 0 Å². The topological polar surface area (TPSA) is 96.6 Å². The van der Waals surface area contributed by atoms with Crippen LogP contribution in [0.5, 0.6) is 0 Å². The number of Topliss-reactive ketones (excluding diaryl/α,β-unsaturated/α-hetero) is 1. The molecule has 1 atom stereocenters. The first-order chi connectivity index (χ1) is 14.4. The number of carboxylic acids is 1. The molecule has 6 nitrogen and oxygen atoms in total. The van der Waals surface area contributed by atoms with Crippen LogP contribution in [0.2, 0.25) is 0 Å². The summed E-state index contributed by atoms with van der Waals surface area (Å²) in [5.74, 6) is -2.21. The summed E-state index contributed by atoms with van der Waals surface area (Å²) in [6.45, 7) is 0. The number of nitrogens with one attached hydrogen (secondary N) is 1. The average molecular weight is 466 g/mol. The molecule has 0 fully saturated rings. The lowest BCUT2D eigenvalue weighted by molar-refractivity contribution is -0.139. The molecule has 0 saturated carbocycles. The van der Waals surface area contributed by atoms with E-state index in [2.05, 4.69) is 21.2 Å². The van der Waals surface area contributed by atoms with Crippen molar-refractivity contribution in [1.29, 1.82) is 0 Å². The zero-order valence-electron chi connectivity index (χ0n) is 15.6. The van der Waals surface area contributed by atoms with Gasteiger partial charge in [0.25, 0.3) is 5.91 Å². The third-order valence-electron chi connectivity index (χ3n) is 4.80.